The van der Waals surface area contributed by atoms with Crippen molar-refractivity contribution in [1.82, 2.24) is 5.73 Å². The summed E-state index contributed by atoms with van der Waals surface area (Å²) in [7, 11) is 0. The monoisotopic (exact) mass is 184 g/mol. The van der Waals surface area contributed by atoms with E-state index < -0.39 is 12.0 Å². The molecular formula is C8H7ClNO2. The van der Waals surface area contributed by atoms with Gasteiger partial charge in [0, 0.05) is 5.02 Å². The normalized spacial score (nSPS) is 12.5. The summed E-state index contributed by atoms with van der Waals surface area (Å²) in [5.41, 5.74) is 7.04. The maximum absolute atomic E-state index is 10.4. The van der Waals surface area contributed by atoms with Crippen molar-refractivity contribution in [2.45, 2.75) is 6.10 Å². The lowest BCUT2D eigenvalue weighted by Gasteiger charge is -2.04. The number of hydrogen-bond donors (Lipinski definition) is 1. The molecule has 0 bridgehead atoms. The van der Waals surface area contributed by atoms with Crippen molar-refractivity contribution in [3.63, 3.8) is 0 Å². The summed E-state index contributed by atoms with van der Waals surface area (Å²) in [6.45, 7) is 0. The number of carbonyl (C=O) groups is 1. The van der Waals surface area contributed by atoms with E-state index >= 15 is 0 Å². The van der Waals surface area contributed by atoms with Gasteiger partial charge in [-0.2, -0.15) is 0 Å². The Balaban J connectivity index is 2.89. The Morgan fingerprint density at radius 3 is 2.33 bits per heavy atom. The number of aliphatic hydroxyl groups excluding tert-OH is 1. The SMILES string of the molecule is [NH]C(=O)C(O)c1ccc(Cl)cc1. The van der Waals surface area contributed by atoms with Crippen LogP contribution in [-0.2, 0) is 4.79 Å². The second kappa shape index (κ2) is 3.56. The Bertz CT molecular complexity index is 284. The van der Waals surface area contributed by atoms with Crippen LogP contribution in [0.1, 0.15) is 11.7 Å². The van der Waals surface area contributed by atoms with E-state index in [1.165, 1.54) is 12.1 Å². The molecule has 1 aromatic rings. The van der Waals surface area contributed by atoms with Crippen LogP contribution >= 0.6 is 11.6 Å². The number of benzene rings is 1. The van der Waals surface area contributed by atoms with Crippen LogP contribution in [-0.4, -0.2) is 11.0 Å². The van der Waals surface area contributed by atoms with Crippen molar-refractivity contribution in [1.29, 1.82) is 0 Å². The number of hydrogen-bond acceptors (Lipinski definition) is 2. The predicted molar refractivity (Wildman–Crippen MR) is 44.5 cm³/mol. The van der Waals surface area contributed by atoms with Gasteiger partial charge >= 0.3 is 0 Å². The standard InChI is InChI=1S/C8H7ClNO2/c9-6-3-1-5(2-4-6)7(11)8(10)12/h1-4,7,10-11H. The molecule has 12 heavy (non-hydrogen) atoms. The molecule has 3 nitrogen and oxygen atoms in total. The molecule has 63 valence electrons. The minimum absolute atomic E-state index is 0.388. The third-order valence-electron chi connectivity index (χ3n) is 1.43. The lowest BCUT2D eigenvalue weighted by atomic mass is 10.1. The van der Waals surface area contributed by atoms with Gasteiger partial charge in [-0.25, -0.2) is 0 Å². The zero-order valence-electron chi connectivity index (χ0n) is 6.12. The third-order valence-corrected chi connectivity index (χ3v) is 1.69. The molecule has 0 aliphatic carbocycles. The van der Waals surface area contributed by atoms with Gasteiger partial charge in [-0.05, 0) is 17.7 Å². The minimum atomic E-state index is -1.36. The van der Waals surface area contributed by atoms with Crippen molar-refractivity contribution >= 4 is 17.5 Å². The Labute approximate surface area is 74.8 Å². The summed E-state index contributed by atoms with van der Waals surface area (Å²) < 4.78 is 0. The van der Waals surface area contributed by atoms with Crippen molar-refractivity contribution < 1.29 is 9.90 Å². The summed E-state index contributed by atoms with van der Waals surface area (Å²) >= 11 is 5.58. The van der Waals surface area contributed by atoms with E-state index in [1.807, 2.05) is 0 Å². The summed E-state index contributed by atoms with van der Waals surface area (Å²) in [4.78, 5) is 10.4. The molecule has 1 atom stereocenters. The zero-order chi connectivity index (χ0) is 9.14. The molecule has 1 aromatic carbocycles. The first-order chi connectivity index (χ1) is 5.61. The summed E-state index contributed by atoms with van der Waals surface area (Å²) in [5.74, 6) is -1.02. The minimum Gasteiger partial charge on any atom is -0.378 e. The molecule has 0 aliphatic rings. The molecule has 0 fully saturated rings. The fraction of sp³-hybridized carbons (Fsp3) is 0.125. The molecule has 0 saturated carbocycles. The van der Waals surface area contributed by atoms with E-state index in [-0.39, 0.29) is 0 Å². The third kappa shape index (κ3) is 1.96. The summed E-state index contributed by atoms with van der Waals surface area (Å²) in [6.07, 6.45) is -1.36. The molecule has 1 rings (SSSR count). The van der Waals surface area contributed by atoms with E-state index in [0.29, 0.717) is 10.6 Å². The molecule has 0 heterocycles. The first-order valence-electron chi connectivity index (χ1n) is 3.30. The highest BCUT2D eigenvalue weighted by Gasteiger charge is 2.13. The van der Waals surface area contributed by atoms with E-state index in [1.54, 1.807) is 12.1 Å². The lowest BCUT2D eigenvalue weighted by Crippen LogP contribution is -2.11. The average Bonchev–Trinajstić information content (AvgIpc) is 2.04. The van der Waals surface area contributed by atoms with Crippen molar-refractivity contribution in [3.05, 3.63) is 34.9 Å². The van der Waals surface area contributed by atoms with Crippen molar-refractivity contribution in [2.75, 3.05) is 0 Å². The largest absolute Gasteiger partial charge is 0.378 e. The molecule has 2 N–H and O–H groups in total. The van der Waals surface area contributed by atoms with Gasteiger partial charge in [-0.15, -0.1) is 0 Å². The van der Waals surface area contributed by atoms with Crippen LogP contribution in [0.3, 0.4) is 0 Å². The molecule has 0 spiro atoms. The number of carbonyl (C=O) groups excluding carboxylic acids is 1. The van der Waals surface area contributed by atoms with Crippen LogP contribution in [0.4, 0.5) is 0 Å². The maximum atomic E-state index is 10.4. The van der Waals surface area contributed by atoms with Crippen LogP contribution < -0.4 is 5.73 Å². The molecule has 1 unspecified atom stereocenters. The first kappa shape index (κ1) is 9.03. The van der Waals surface area contributed by atoms with Crippen LogP contribution in [0.25, 0.3) is 0 Å². The van der Waals surface area contributed by atoms with Gasteiger partial charge in [-0.3, -0.25) is 10.5 Å². The fourth-order valence-corrected chi connectivity index (χ4v) is 0.922. The van der Waals surface area contributed by atoms with Gasteiger partial charge < -0.3 is 5.11 Å². The second-order valence-corrected chi connectivity index (χ2v) is 2.75. The number of amides is 1. The molecule has 0 aliphatic heterocycles. The van der Waals surface area contributed by atoms with Gasteiger partial charge in [0.1, 0.15) is 0 Å². The van der Waals surface area contributed by atoms with Crippen molar-refractivity contribution in [3.8, 4) is 0 Å². The number of rotatable bonds is 2. The van der Waals surface area contributed by atoms with E-state index in [0.717, 1.165) is 0 Å². The summed E-state index contributed by atoms with van der Waals surface area (Å²) in [6, 6.07) is 6.14. The van der Waals surface area contributed by atoms with Gasteiger partial charge in [0.05, 0.1) is 0 Å². The van der Waals surface area contributed by atoms with Gasteiger partial charge in [0.15, 0.2) is 6.10 Å². The molecule has 4 heteroatoms. The predicted octanol–water partition coefficient (Wildman–Crippen LogP) is 1.18. The highest BCUT2D eigenvalue weighted by atomic mass is 35.5. The van der Waals surface area contributed by atoms with Crippen LogP contribution in [0.5, 0.6) is 0 Å². The second-order valence-electron chi connectivity index (χ2n) is 2.32. The van der Waals surface area contributed by atoms with E-state index in [2.05, 4.69) is 0 Å². The average molecular weight is 185 g/mol. The van der Waals surface area contributed by atoms with Crippen LogP contribution in [0.2, 0.25) is 5.02 Å². The smallest absolute Gasteiger partial charge is 0.271 e. The highest BCUT2D eigenvalue weighted by molar-refractivity contribution is 6.30. The number of halogens is 1. The van der Waals surface area contributed by atoms with Gasteiger partial charge in [0.2, 0.25) is 0 Å². The molecule has 1 amide bonds. The Hall–Kier alpha value is -1.06. The van der Waals surface area contributed by atoms with Gasteiger partial charge in [0.25, 0.3) is 5.91 Å². The fourth-order valence-electron chi connectivity index (χ4n) is 0.796. The van der Waals surface area contributed by atoms with Crippen molar-refractivity contribution in [2.24, 2.45) is 0 Å². The summed E-state index contributed by atoms with van der Waals surface area (Å²) in [5, 5.41) is 9.64. The van der Waals surface area contributed by atoms with E-state index in [4.69, 9.17) is 22.4 Å². The Morgan fingerprint density at radius 1 is 1.42 bits per heavy atom. The topological polar surface area (TPSA) is 61.1 Å². The molecule has 1 radical (unpaired) electrons. The quantitative estimate of drug-likeness (QED) is 0.751. The number of aliphatic hydroxyl groups is 1. The van der Waals surface area contributed by atoms with Gasteiger partial charge in [-0.1, -0.05) is 23.7 Å². The number of nitrogens with one attached hydrogen (secondary N) is 1. The first-order valence-corrected chi connectivity index (χ1v) is 3.68. The molecule has 0 saturated heterocycles. The van der Waals surface area contributed by atoms with Crippen LogP contribution in [0, 0.1) is 0 Å². The zero-order valence-corrected chi connectivity index (χ0v) is 6.88. The van der Waals surface area contributed by atoms with Crippen LogP contribution in [0.15, 0.2) is 24.3 Å². The lowest BCUT2D eigenvalue weighted by molar-refractivity contribution is -0.126. The Morgan fingerprint density at radius 2 is 1.92 bits per heavy atom. The Kier molecular flexibility index (Phi) is 2.68. The molecule has 0 aromatic heterocycles. The molecular weight excluding hydrogens is 178 g/mol. The van der Waals surface area contributed by atoms with E-state index in [9.17, 15) is 4.79 Å². The highest BCUT2D eigenvalue weighted by Crippen LogP contribution is 2.15. The maximum Gasteiger partial charge on any atom is 0.271 e.